The Hall–Kier alpha value is -2.70. The third-order valence-corrected chi connectivity index (χ3v) is 5.40. The van der Waals surface area contributed by atoms with Crippen LogP contribution in [0.2, 0.25) is 5.02 Å². The second-order valence-electron chi connectivity index (χ2n) is 7.45. The largest absolute Gasteiger partial charge is 0.395 e. The molecular weight excluding hydrogens is 400 g/mol. The van der Waals surface area contributed by atoms with Crippen molar-refractivity contribution in [2.45, 2.75) is 32.6 Å². The number of hydrogen-bond acceptors (Lipinski definition) is 5. The first-order valence-electron chi connectivity index (χ1n) is 10.0. The molecule has 6 nitrogen and oxygen atoms in total. The molecule has 0 amide bonds. The Bertz CT molecular complexity index is 1000. The highest BCUT2D eigenvalue weighted by Crippen LogP contribution is 2.22. The monoisotopic (exact) mass is 426 g/mol. The van der Waals surface area contributed by atoms with Crippen molar-refractivity contribution in [1.29, 1.82) is 0 Å². The zero-order chi connectivity index (χ0) is 21.7. The van der Waals surface area contributed by atoms with Crippen molar-refractivity contribution < 1.29 is 9.90 Å². The number of nitrogens with zero attached hydrogens (tertiary/aromatic N) is 4. The van der Waals surface area contributed by atoms with Crippen LogP contribution in [0.25, 0.3) is 5.69 Å². The van der Waals surface area contributed by atoms with Crippen molar-refractivity contribution in [2.75, 3.05) is 25.1 Å². The van der Waals surface area contributed by atoms with E-state index in [1.807, 2.05) is 72.9 Å². The van der Waals surface area contributed by atoms with Crippen LogP contribution in [0.3, 0.4) is 0 Å². The van der Waals surface area contributed by atoms with Gasteiger partial charge in [0.2, 0.25) is 0 Å². The Morgan fingerprint density at radius 1 is 1.27 bits per heavy atom. The molecule has 0 radical (unpaired) electrons. The quantitative estimate of drug-likeness (QED) is 0.560. The number of ketones is 1. The number of carbonyl (C=O) groups is 1. The minimum absolute atomic E-state index is 0.0695. The van der Waals surface area contributed by atoms with E-state index in [1.54, 1.807) is 6.20 Å². The van der Waals surface area contributed by atoms with Gasteiger partial charge in [-0.05, 0) is 49.2 Å². The normalized spacial score (nSPS) is 12.0. The molecule has 30 heavy (non-hydrogen) atoms. The molecule has 3 aromatic rings. The second-order valence-corrected chi connectivity index (χ2v) is 7.89. The van der Waals surface area contributed by atoms with Gasteiger partial charge in [-0.15, -0.1) is 0 Å². The Kier molecular flexibility index (Phi) is 7.24. The van der Waals surface area contributed by atoms with Crippen LogP contribution in [-0.4, -0.2) is 45.9 Å². The fourth-order valence-electron chi connectivity index (χ4n) is 3.36. The summed E-state index contributed by atoms with van der Waals surface area (Å²) in [4.78, 5) is 19.1. The number of rotatable bonds is 9. The summed E-state index contributed by atoms with van der Waals surface area (Å²) in [5, 5.41) is 14.3. The number of aromatic nitrogens is 3. The molecule has 0 saturated heterocycles. The lowest BCUT2D eigenvalue weighted by Gasteiger charge is -2.18. The van der Waals surface area contributed by atoms with E-state index in [-0.39, 0.29) is 18.3 Å². The first kappa shape index (κ1) is 22.0. The number of anilines is 1. The number of likely N-dealkylation sites (N-methyl/N-ethyl adjacent to an activating group) is 1. The lowest BCUT2D eigenvalue weighted by Crippen LogP contribution is -2.22. The number of aliphatic hydroxyl groups excluding tert-OH is 1. The molecule has 2 aromatic heterocycles. The average Bonchev–Trinajstić information content (AvgIpc) is 3.12. The van der Waals surface area contributed by atoms with Gasteiger partial charge in [-0.1, -0.05) is 30.7 Å². The summed E-state index contributed by atoms with van der Waals surface area (Å²) in [6, 6.07) is 13.3. The van der Waals surface area contributed by atoms with Gasteiger partial charge in [0.1, 0.15) is 11.6 Å². The number of hydrogen-bond donors (Lipinski definition) is 1. The summed E-state index contributed by atoms with van der Waals surface area (Å²) in [5.74, 6) is 0.691. The summed E-state index contributed by atoms with van der Waals surface area (Å²) in [7, 11) is 1.87. The number of aliphatic hydroxyl groups is 1. The summed E-state index contributed by atoms with van der Waals surface area (Å²) < 4.78 is 1.85. The number of Topliss-reactive ketones (excluding diaryl/α,β-unsaturated/α-hetero) is 1. The molecular formula is C23H27ClN4O2. The number of halogens is 1. The first-order chi connectivity index (χ1) is 14.4. The minimum atomic E-state index is -0.238. The molecule has 158 valence electrons. The number of benzene rings is 1. The predicted octanol–water partition coefficient (Wildman–Crippen LogP) is 3.96. The molecule has 7 heteroatoms. The summed E-state index contributed by atoms with van der Waals surface area (Å²) in [5.41, 5.74) is 3.66. The molecule has 0 aliphatic rings. The summed E-state index contributed by atoms with van der Waals surface area (Å²) in [6.07, 6.45) is 2.76. The van der Waals surface area contributed by atoms with E-state index in [0.29, 0.717) is 24.4 Å². The van der Waals surface area contributed by atoms with E-state index in [1.165, 1.54) is 0 Å². The number of pyridine rings is 1. The molecule has 0 aliphatic heterocycles. The fraction of sp³-hybridized carbons (Fsp3) is 0.348. The van der Waals surface area contributed by atoms with E-state index < -0.39 is 0 Å². The van der Waals surface area contributed by atoms with Gasteiger partial charge in [0.25, 0.3) is 0 Å². The summed E-state index contributed by atoms with van der Waals surface area (Å²) >= 11 is 6.12. The van der Waals surface area contributed by atoms with Crippen LogP contribution in [0.4, 0.5) is 5.82 Å². The molecule has 0 aliphatic carbocycles. The van der Waals surface area contributed by atoms with Crippen LogP contribution < -0.4 is 4.90 Å². The second kappa shape index (κ2) is 9.87. The van der Waals surface area contributed by atoms with Crippen LogP contribution in [0.1, 0.15) is 36.2 Å². The van der Waals surface area contributed by atoms with Crippen molar-refractivity contribution >= 4 is 23.2 Å². The number of carbonyl (C=O) groups excluding carboxylic acids is 1. The van der Waals surface area contributed by atoms with Crippen LogP contribution >= 0.6 is 11.6 Å². The number of aryl methyl sites for hydroxylation is 2. The van der Waals surface area contributed by atoms with E-state index in [9.17, 15) is 4.79 Å². The van der Waals surface area contributed by atoms with Gasteiger partial charge < -0.3 is 10.0 Å². The van der Waals surface area contributed by atoms with E-state index >= 15 is 0 Å². The highest BCUT2D eigenvalue weighted by molar-refractivity contribution is 6.30. The maximum absolute atomic E-state index is 12.8. The molecule has 0 spiro atoms. The standard InChI is InChI=1S/C23H27ClN4O2/c1-16-13-21(28(26-16)20-6-4-5-19(24)14-20)8-9-22(30)17(2)18-7-10-23(25-15-18)27(3)11-12-29/h4-7,10,13-15,17,29H,8-9,11-12H2,1-3H3. The van der Waals surface area contributed by atoms with Crippen LogP contribution in [0.15, 0.2) is 48.7 Å². The zero-order valence-electron chi connectivity index (χ0n) is 17.5. The van der Waals surface area contributed by atoms with Crippen LogP contribution in [0.5, 0.6) is 0 Å². The zero-order valence-corrected chi connectivity index (χ0v) is 18.3. The molecule has 3 rings (SSSR count). The van der Waals surface area contributed by atoms with Crippen molar-refractivity contribution in [3.63, 3.8) is 0 Å². The van der Waals surface area contributed by atoms with Crippen molar-refractivity contribution in [1.82, 2.24) is 14.8 Å². The highest BCUT2D eigenvalue weighted by atomic mass is 35.5. The van der Waals surface area contributed by atoms with Crippen molar-refractivity contribution in [3.05, 3.63) is 70.6 Å². The molecule has 2 heterocycles. The van der Waals surface area contributed by atoms with Crippen LogP contribution in [-0.2, 0) is 11.2 Å². The van der Waals surface area contributed by atoms with Gasteiger partial charge in [0.15, 0.2) is 0 Å². The maximum Gasteiger partial charge on any atom is 0.140 e. The lowest BCUT2D eigenvalue weighted by atomic mass is 9.95. The third-order valence-electron chi connectivity index (χ3n) is 5.17. The minimum Gasteiger partial charge on any atom is -0.395 e. The van der Waals surface area contributed by atoms with Gasteiger partial charge in [-0.3, -0.25) is 4.79 Å². The van der Waals surface area contributed by atoms with E-state index in [4.69, 9.17) is 16.7 Å². The maximum atomic E-state index is 12.8. The molecule has 1 N–H and O–H groups in total. The molecule has 1 unspecified atom stereocenters. The van der Waals surface area contributed by atoms with Crippen molar-refractivity contribution in [2.24, 2.45) is 0 Å². The predicted molar refractivity (Wildman–Crippen MR) is 120 cm³/mol. The molecule has 0 saturated carbocycles. The first-order valence-corrected chi connectivity index (χ1v) is 10.4. The molecule has 0 fully saturated rings. The van der Waals surface area contributed by atoms with Crippen molar-refractivity contribution in [3.8, 4) is 5.69 Å². The van der Waals surface area contributed by atoms with Gasteiger partial charge in [0, 0.05) is 42.8 Å². The van der Waals surface area contributed by atoms with Gasteiger partial charge >= 0.3 is 0 Å². The molecule has 1 atom stereocenters. The average molecular weight is 427 g/mol. The SMILES string of the molecule is Cc1cc(CCC(=O)C(C)c2ccc(N(C)CCO)nc2)n(-c2cccc(Cl)c2)n1. The Morgan fingerprint density at radius 3 is 2.73 bits per heavy atom. The fourth-order valence-corrected chi connectivity index (χ4v) is 3.54. The third kappa shape index (κ3) is 5.26. The highest BCUT2D eigenvalue weighted by Gasteiger charge is 2.18. The smallest absolute Gasteiger partial charge is 0.140 e. The van der Waals surface area contributed by atoms with Gasteiger partial charge in [-0.25, -0.2) is 9.67 Å². The topological polar surface area (TPSA) is 71.2 Å². The van der Waals surface area contributed by atoms with E-state index in [2.05, 4.69) is 10.1 Å². The summed E-state index contributed by atoms with van der Waals surface area (Å²) in [6.45, 7) is 4.44. The van der Waals surface area contributed by atoms with Gasteiger partial charge in [0.05, 0.1) is 18.0 Å². The molecule has 1 aromatic carbocycles. The Morgan fingerprint density at radius 2 is 2.07 bits per heavy atom. The Balaban J connectivity index is 1.67. The van der Waals surface area contributed by atoms with Crippen LogP contribution in [0, 0.1) is 6.92 Å². The Labute approximate surface area is 182 Å². The van der Waals surface area contributed by atoms with Gasteiger partial charge in [-0.2, -0.15) is 5.10 Å². The molecule has 0 bridgehead atoms. The lowest BCUT2D eigenvalue weighted by molar-refractivity contribution is -0.120. The van der Waals surface area contributed by atoms with E-state index in [0.717, 1.165) is 28.5 Å².